The molecule has 5 heteroatoms. The van der Waals surface area contributed by atoms with Gasteiger partial charge in [-0.2, -0.15) is 0 Å². The summed E-state index contributed by atoms with van der Waals surface area (Å²) in [4.78, 5) is 15.5. The van der Waals surface area contributed by atoms with Crippen LogP contribution in [0.5, 0.6) is 5.75 Å². The number of amides is 1. The molecule has 2 aromatic rings. The third-order valence-electron chi connectivity index (χ3n) is 4.35. The first-order chi connectivity index (χ1) is 11.2. The summed E-state index contributed by atoms with van der Waals surface area (Å²) in [5.41, 5.74) is 1.95. The van der Waals surface area contributed by atoms with E-state index in [-0.39, 0.29) is 12.0 Å². The van der Waals surface area contributed by atoms with E-state index in [4.69, 9.17) is 9.47 Å². The van der Waals surface area contributed by atoms with Crippen LogP contribution in [0.2, 0.25) is 0 Å². The lowest BCUT2D eigenvalue weighted by atomic mass is 10.1. The van der Waals surface area contributed by atoms with Crippen molar-refractivity contribution < 1.29 is 14.3 Å². The first-order valence-corrected chi connectivity index (χ1v) is 8.24. The molecule has 1 fully saturated rings. The van der Waals surface area contributed by atoms with Gasteiger partial charge < -0.3 is 19.8 Å². The minimum atomic E-state index is 0.0138. The van der Waals surface area contributed by atoms with Gasteiger partial charge in [0.1, 0.15) is 5.75 Å². The number of H-pyrrole nitrogens is 1. The molecule has 0 spiro atoms. The third kappa shape index (κ3) is 3.67. The zero-order valence-electron chi connectivity index (χ0n) is 13.7. The van der Waals surface area contributed by atoms with E-state index >= 15 is 0 Å². The van der Waals surface area contributed by atoms with Crippen molar-refractivity contribution in [3.05, 3.63) is 30.0 Å². The number of fused-ring (bicyclic) bond motifs is 1. The fraction of sp³-hybridized carbons (Fsp3) is 0.500. The second kappa shape index (κ2) is 7.04. The molecule has 23 heavy (non-hydrogen) atoms. The first-order valence-electron chi connectivity index (χ1n) is 8.24. The van der Waals surface area contributed by atoms with E-state index in [2.05, 4.69) is 10.3 Å². The smallest absolute Gasteiger partial charge is 0.224 e. The summed E-state index contributed by atoms with van der Waals surface area (Å²) in [5.74, 6) is 1.44. The van der Waals surface area contributed by atoms with Crippen LogP contribution in [0.25, 0.3) is 10.9 Å². The third-order valence-corrected chi connectivity index (χ3v) is 4.35. The van der Waals surface area contributed by atoms with Crippen LogP contribution in [-0.2, 0) is 16.0 Å². The van der Waals surface area contributed by atoms with Crippen molar-refractivity contribution in [1.29, 1.82) is 0 Å². The summed E-state index contributed by atoms with van der Waals surface area (Å²) in [5, 5.41) is 3.99. The molecule has 1 amide bonds. The van der Waals surface area contributed by atoms with E-state index in [1.165, 1.54) is 12.8 Å². The van der Waals surface area contributed by atoms with Gasteiger partial charge in [-0.1, -0.05) is 6.07 Å². The highest BCUT2D eigenvalue weighted by molar-refractivity contribution is 5.93. The Labute approximate surface area is 136 Å². The Morgan fingerprint density at radius 1 is 1.43 bits per heavy atom. The molecular formula is C18H24N2O3. The molecular weight excluding hydrogens is 292 g/mol. The molecule has 1 aromatic heterocycles. The van der Waals surface area contributed by atoms with Crippen molar-refractivity contribution in [3.63, 3.8) is 0 Å². The number of carbonyl (C=O) groups is 1. The largest absolute Gasteiger partial charge is 0.493 e. The van der Waals surface area contributed by atoms with Crippen molar-refractivity contribution in [3.8, 4) is 5.75 Å². The quantitative estimate of drug-likeness (QED) is 0.787. The van der Waals surface area contributed by atoms with Gasteiger partial charge in [-0.05, 0) is 43.4 Å². The van der Waals surface area contributed by atoms with Crippen molar-refractivity contribution in [1.82, 2.24) is 10.3 Å². The van der Waals surface area contributed by atoms with E-state index in [1.54, 1.807) is 7.11 Å². The van der Waals surface area contributed by atoms with Crippen LogP contribution in [0.3, 0.4) is 0 Å². The number of ether oxygens (including phenoxy) is 2. The van der Waals surface area contributed by atoms with Gasteiger partial charge in [0.2, 0.25) is 5.91 Å². The zero-order valence-corrected chi connectivity index (χ0v) is 13.7. The normalized spacial score (nSPS) is 15.6. The van der Waals surface area contributed by atoms with Gasteiger partial charge in [0.15, 0.2) is 0 Å². The van der Waals surface area contributed by atoms with Gasteiger partial charge in [-0.25, -0.2) is 0 Å². The van der Waals surface area contributed by atoms with Gasteiger partial charge in [-0.15, -0.1) is 0 Å². The van der Waals surface area contributed by atoms with Crippen molar-refractivity contribution in [2.45, 2.75) is 32.3 Å². The van der Waals surface area contributed by atoms with Crippen molar-refractivity contribution in [2.24, 2.45) is 5.92 Å². The highest BCUT2D eigenvalue weighted by Gasteiger charge is 2.31. The predicted octanol–water partition coefficient (Wildman–Crippen LogP) is 2.65. The molecule has 5 nitrogen and oxygen atoms in total. The van der Waals surface area contributed by atoms with Gasteiger partial charge in [-0.3, -0.25) is 4.79 Å². The average Bonchev–Trinajstić information content (AvgIpc) is 3.30. The summed E-state index contributed by atoms with van der Waals surface area (Å²) in [6.07, 6.45) is 4.77. The Morgan fingerprint density at radius 2 is 2.26 bits per heavy atom. The molecule has 1 atom stereocenters. The molecule has 0 bridgehead atoms. The molecule has 1 aliphatic rings. The summed E-state index contributed by atoms with van der Waals surface area (Å²) < 4.78 is 11.1. The Bertz CT molecular complexity index is 676. The van der Waals surface area contributed by atoms with Crippen molar-refractivity contribution >= 4 is 16.8 Å². The summed E-state index contributed by atoms with van der Waals surface area (Å²) in [6, 6.07) is 5.88. The number of methoxy groups -OCH3 is 1. The Morgan fingerprint density at radius 3 is 2.96 bits per heavy atom. The van der Waals surface area contributed by atoms with Gasteiger partial charge in [0.05, 0.1) is 19.1 Å². The van der Waals surface area contributed by atoms with Crippen LogP contribution >= 0.6 is 0 Å². The Kier molecular flexibility index (Phi) is 4.86. The molecule has 0 saturated heterocycles. The topological polar surface area (TPSA) is 63.4 Å². The lowest BCUT2D eigenvalue weighted by Crippen LogP contribution is -2.35. The number of hydrogen-bond acceptors (Lipinski definition) is 3. The van der Waals surface area contributed by atoms with E-state index in [0.717, 1.165) is 22.2 Å². The maximum atomic E-state index is 12.3. The first kappa shape index (κ1) is 15.9. The lowest BCUT2D eigenvalue weighted by molar-refractivity contribution is -0.121. The van der Waals surface area contributed by atoms with Gasteiger partial charge in [0.25, 0.3) is 0 Å². The second-order valence-corrected chi connectivity index (χ2v) is 6.02. The van der Waals surface area contributed by atoms with Crippen LogP contribution in [0.1, 0.15) is 25.3 Å². The summed E-state index contributed by atoms with van der Waals surface area (Å²) in [6.45, 7) is 3.15. The highest BCUT2D eigenvalue weighted by atomic mass is 16.5. The second-order valence-electron chi connectivity index (χ2n) is 6.02. The fourth-order valence-corrected chi connectivity index (χ4v) is 3.00. The van der Waals surface area contributed by atoms with Crippen LogP contribution in [-0.4, -0.2) is 37.3 Å². The number of aromatic amines is 1. The maximum Gasteiger partial charge on any atom is 0.224 e. The van der Waals surface area contributed by atoms with Crippen molar-refractivity contribution in [2.75, 3.05) is 20.3 Å². The standard InChI is InChI=1S/C18H24N2O3/c1-3-23-15-6-4-5-14-18(15)13(10-19-14)9-17(21)20-11-16(22-2)12-7-8-12/h4-6,10,12,16,19H,3,7-9,11H2,1-2H3,(H,20,21)/t16-/m1/s1. The van der Waals surface area contributed by atoms with Crippen LogP contribution < -0.4 is 10.1 Å². The molecule has 0 radical (unpaired) electrons. The Hall–Kier alpha value is -2.01. The molecule has 1 saturated carbocycles. The number of nitrogens with one attached hydrogen (secondary N) is 2. The molecule has 0 unspecified atom stereocenters. The summed E-state index contributed by atoms with van der Waals surface area (Å²) >= 11 is 0. The van der Waals surface area contributed by atoms with Crippen LogP contribution in [0.15, 0.2) is 24.4 Å². The number of benzene rings is 1. The van der Waals surface area contributed by atoms with E-state index in [1.807, 2.05) is 31.3 Å². The molecule has 1 aromatic carbocycles. The van der Waals surface area contributed by atoms with Crippen LogP contribution in [0.4, 0.5) is 0 Å². The number of aromatic nitrogens is 1. The monoisotopic (exact) mass is 316 g/mol. The van der Waals surface area contributed by atoms with E-state index < -0.39 is 0 Å². The lowest BCUT2D eigenvalue weighted by Gasteiger charge is -2.15. The van der Waals surface area contributed by atoms with Gasteiger partial charge in [0, 0.05) is 30.8 Å². The summed E-state index contributed by atoms with van der Waals surface area (Å²) in [7, 11) is 1.71. The highest BCUT2D eigenvalue weighted by Crippen LogP contribution is 2.33. The molecule has 124 valence electrons. The maximum absolute atomic E-state index is 12.3. The minimum Gasteiger partial charge on any atom is -0.493 e. The fourth-order valence-electron chi connectivity index (χ4n) is 3.00. The number of carbonyl (C=O) groups excluding carboxylic acids is 1. The average molecular weight is 316 g/mol. The SMILES string of the molecule is CCOc1cccc2[nH]cc(CC(=O)NC[C@@H](OC)C3CC3)c12. The van der Waals surface area contributed by atoms with E-state index in [9.17, 15) is 4.79 Å². The predicted molar refractivity (Wildman–Crippen MR) is 89.7 cm³/mol. The van der Waals surface area contributed by atoms with Gasteiger partial charge >= 0.3 is 0 Å². The molecule has 2 N–H and O–H groups in total. The molecule has 0 aliphatic heterocycles. The van der Waals surface area contributed by atoms with E-state index in [0.29, 0.717) is 25.5 Å². The minimum absolute atomic E-state index is 0.0138. The molecule has 3 rings (SSSR count). The number of rotatable bonds is 8. The molecule has 1 heterocycles. The zero-order chi connectivity index (χ0) is 16.2. The number of hydrogen-bond donors (Lipinski definition) is 2. The molecule has 1 aliphatic carbocycles. The Balaban J connectivity index is 1.67. The van der Waals surface area contributed by atoms with Crippen LogP contribution in [0, 0.1) is 5.92 Å².